The van der Waals surface area contributed by atoms with Crippen LogP contribution in [0.3, 0.4) is 0 Å². The van der Waals surface area contributed by atoms with Gasteiger partial charge in [-0.3, -0.25) is 38.6 Å². The number of hydrogen-bond acceptors (Lipinski definition) is 12. The molecule has 0 aliphatic rings. The van der Waals surface area contributed by atoms with Crippen LogP contribution in [0, 0.1) is 10.8 Å². The molecule has 112 heavy (non-hydrogen) atoms. The van der Waals surface area contributed by atoms with Gasteiger partial charge < -0.3 is 29.6 Å². The Hall–Kier alpha value is -3.52. The van der Waals surface area contributed by atoms with Crippen LogP contribution in [-0.4, -0.2) is 122 Å². The number of carbonyl (C=O) groups is 6. The third-order valence-corrected chi connectivity index (χ3v) is 23.6. The van der Waals surface area contributed by atoms with Crippen molar-refractivity contribution in [2.24, 2.45) is 10.8 Å². The molecule has 0 aromatic carbocycles. The molecular weight excluding hydrogens is 1390 g/mol. The molecule has 2 unspecified atom stereocenters. The van der Waals surface area contributed by atoms with E-state index in [2.05, 4.69) is 75.8 Å². The van der Waals surface area contributed by atoms with E-state index in [0.29, 0.717) is 39.1 Å². The lowest BCUT2D eigenvalue weighted by Gasteiger charge is -2.30. The van der Waals surface area contributed by atoms with Crippen molar-refractivity contribution in [2.45, 2.75) is 518 Å². The molecule has 2 amide bonds. The SMILES string of the molecule is CCCCCCCCCCCOC(=O)C(C)(C)CCCCN(CCCCCCCC(=O)OC(CCCCCCCC)CCCCCCCC)C(C)CNC(=O)/C=C/C(=O)NCC(C)N(CCCCCCCC(=O)OC(CCCCCCCC)CCCCCCCC)CCCCC(C)(C)C(=O)OCCCCCCCCCCC. The summed E-state index contributed by atoms with van der Waals surface area (Å²) in [6.07, 6.45) is 74.5. The molecule has 0 fully saturated rings. The van der Waals surface area contributed by atoms with E-state index in [-0.39, 0.29) is 60.0 Å². The summed E-state index contributed by atoms with van der Waals surface area (Å²) in [4.78, 5) is 84.9. The highest BCUT2D eigenvalue weighted by Crippen LogP contribution is 2.29. The van der Waals surface area contributed by atoms with Gasteiger partial charge in [0.1, 0.15) is 12.2 Å². The first-order chi connectivity index (χ1) is 54.3. The van der Waals surface area contributed by atoms with Gasteiger partial charge in [0.2, 0.25) is 11.8 Å². The van der Waals surface area contributed by atoms with Gasteiger partial charge >= 0.3 is 23.9 Å². The van der Waals surface area contributed by atoms with Crippen molar-refractivity contribution in [1.82, 2.24) is 20.4 Å². The number of ether oxygens (including phenoxy) is 4. The molecule has 660 valence electrons. The van der Waals surface area contributed by atoms with Gasteiger partial charge in [-0.1, -0.05) is 324 Å². The van der Waals surface area contributed by atoms with Crippen molar-refractivity contribution < 1.29 is 47.7 Å². The van der Waals surface area contributed by atoms with Gasteiger partial charge in [0.05, 0.1) is 24.0 Å². The zero-order chi connectivity index (χ0) is 82.5. The van der Waals surface area contributed by atoms with Gasteiger partial charge in [-0.15, -0.1) is 0 Å². The van der Waals surface area contributed by atoms with Crippen LogP contribution in [0.5, 0.6) is 0 Å². The molecule has 0 bridgehead atoms. The number of unbranched alkanes of at least 4 members (excludes halogenated alkanes) is 46. The molecular formula is C98H188N4O10. The van der Waals surface area contributed by atoms with E-state index < -0.39 is 10.8 Å². The van der Waals surface area contributed by atoms with Crippen molar-refractivity contribution in [3.05, 3.63) is 12.2 Å². The second-order valence-electron chi connectivity index (χ2n) is 35.7. The summed E-state index contributed by atoms with van der Waals surface area (Å²) in [5.41, 5.74) is -1.13. The Bertz CT molecular complexity index is 2010. The minimum atomic E-state index is -0.567. The molecule has 0 rings (SSSR count). The summed E-state index contributed by atoms with van der Waals surface area (Å²) in [5.74, 6) is -0.907. The van der Waals surface area contributed by atoms with Crippen molar-refractivity contribution >= 4 is 35.7 Å². The highest BCUT2D eigenvalue weighted by Gasteiger charge is 2.31. The molecule has 0 spiro atoms. The fraction of sp³-hybridized carbons (Fsp3) is 0.918. The van der Waals surface area contributed by atoms with Crippen LogP contribution in [0.15, 0.2) is 12.2 Å². The fourth-order valence-corrected chi connectivity index (χ4v) is 15.5. The van der Waals surface area contributed by atoms with Crippen LogP contribution in [0.1, 0.15) is 494 Å². The number of nitrogens with one attached hydrogen (secondary N) is 2. The van der Waals surface area contributed by atoms with E-state index in [1.54, 1.807) is 0 Å². The molecule has 2 atom stereocenters. The lowest BCUT2D eigenvalue weighted by atomic mass is 9.87. The summed E-state index contributed by atoms with van der Waals surface area (Å²) in [6, 6.07) is 0.0790. The highest BCUT2D eigenvalue weighted by atomic mass is 16.6. The van der Waals surface area contributed by atoms with E-state index in [0.717, 1.165) is 206 Å². The molecule has 2 N–H and O–H groups in total. The van der Waals surface area contributed by atoms with Crippen molar-refractivity contribution in [1.29, 1.82) is 0 Å². The number of amides is 2. The first kappa shape index (κ1) is 108. The van der Waals surface area contributed by atoms with Crippen molar-refractivity contribution in [3.63, 3.8) is 0 Å². The quantitative estimate of drug-likeness (QED) is 0.0256. The number of rotatable bonds is 86. The number of hydrogen-bond donors (Lipinski definition) is 2. The van der Waals surface area contributed by atoms with Gasteiger partial charge in [0.25, 0.3) is 0 Å². The van der Waals surface area contributed by atoms with Gasteiger partial charge in [0.15, 0.2) is 0 Å². The molecule has 0 saturated heterocycles. The molecule has 0 aromatic rings. The van der Waals surface area contributed by atoms with Crippen LogP contribution >= 0.6 is 0 Å². The Kier molecular flexibility index (Phi) is 76.2. The molecule has 0 radical (unpaired) electrons. The summed E-state index contributed by atoms with van der Waals surface area (Å²) in [5, 5.41) is 6.20. The summed E-state index contributed by atoms with van der Waals surface area (Å²) < 4.78 is 24.0. The predicted octanol–water partition coefficient (Wildman–Crippen LogP) is 27.2. The fourth-order valence-electron chi connectivity index (χ4n) is 15.5. The van der Waals surface area contributed by atoms with Gasteiger partial charge in [0, 0.05) is 50.2 Å². The average molecular weight is 1580 g/mol. The maximum Gasteiger partial charge on any atom is 0.311 e. The van der Waals surface area contributed by atoms with Crippen LogP contribution in [0.4, 0.5) is 0 Å². The van der Waals surface area contributed by atoms with Crippen molar-refractivity contribution in [2.75, 3.05) is 52.5 Å². The molecule has 0 heterocycles. The summed E-state index contributed by atoms with van der Waals surface area (Å²) in [7, 11) is 0. The van der Waals surface area contributed by atoms with Gasteiger partial charge in [-0.25, -0.2) is 0 Å². The molecule has 0 aliphatic heterocycles. The zero-order valence-electron chi connectivity index (χ0n) is 76.4. The third kappa shape index (κ3) is 68.5. The summed E-state index contributed by atoms with van der Waals surface area (Å²) in [6.45, 7) is 31.2. The Balaban J connectivity index is 5.87. The van der Waals surface area contributed by atoms with Gasteiger partial charge in [-0.05, 0) is 183 Å². The topological polar surface area (TPSA) is 170 Å². The predicted molar refractivity (Wildman–Crippen MR) is 476 cm³/mol. The zero-order valence-corrected chi connectivity index (χ0v) is 76.4. The number of esters is 4. The molecule has 0 saturated carbocycles. The Labute approximate surface area is 693 Å². The molecule has 0 aliphatic carbocycles. The second-order valence-corrected chi connectivity index (χ2v) is 35.7. The minimum absolute atomic E-state index is 0.0348. The van der Waals surface area contributed by atoms with E-state index in [1.165, 1.54) is 230 Å². The van der Waals surface area contributed by atoms with Crippen LogP contribution in [0.25, 0.3) is 0 Å². The normalized spacial score (nSPS) is 12.6. The Morgan fingerprint density at radius 1 is 0.295 bits per heavy atom. The monoisotopic (exact) mass is 1580 g/mol. The molecule has 0 aromatic heterocycles. The van der Waals surface area contributed by atoms with E-state index in [9.17, 15) is 28.8 Å². The molecule has 14 nitrogen and oxygen atoms in total. The second kappa shape index (κ2) is 78.6. The Morgan fingerprint density at radius 2 is 0.518 bits per heavy atom. The lowest BCUT2D eigenvalue weighted by Crippen LogP contribution is -2.43. The van der Waals surface area contributed by atoms with E-state index in [1.807, 2.05) is 27.7 Å². The van der Waals surface area contributed by atoms with E-state index in [4.69, 9.17) is 18.9 Å². The maximum atomic E-state index is 13.5. The highest BCUT2D eigenvalue weighted by molar-refractivity contribution is 5.96. The molecule has 14 heteroatoms. The van der Waals surface area contributed by atoms with Crippen LogP contribution < -0.4 is 10.6 Å². The number of nitrogens with zero attached hydrogens (tertiary/aromatic N) is 2. The largest absolute Gasteiger partial charge is 0.465 e. The van der Waals surface area contributed by atoms with E-state index >= 15 is 0 Å². The van der Waals surface area contributed by atoms with Gasteiger partial charge in [-0.2, -0.15) is 0 Å². The maximum absolute atomic E-state index is 13.5. The van der Waals surface area contributed by atoms with Crippen LogP contribution in [-0.2, 0) is 47.7 Å². The average Bonchev–Trinajstić information content (AvgIpc) is 0.890. The third-order valence-electron chi connectivity index (χ3n) is 23.6. The lowest BCUT2D eigenvalue weighted by molar-refractivity contribution is -0.155. The standard InChI is InChI=1S/C98H188N4O10/c1-13-19-25-31-37-39-41-53-67-83-109-95(107)97(9,10)77-61-65-81-101(79-63-51-43-49-59-73-93(105)111-89(69-55-45-33-27-21-15-3)70-56-46-34-28-22-16-4)87(7)85-99-91(103)75-76-92(104)100-86-88(8)102(82-66-62-78-98(11,12)96(108)110-84-68-54-42-40-38-32-26-20-14-2)80-64-52-44-50-60-74-94(106)112-90(71-57-47-35-29-23-17-5)72-58-48-36-30-24-18-6/h75-76,87-90H,13-74,77-86H2,1-12H3,(H,99,103)(H,100,104)/b76-75+. The number of carbonyl (C=O) groups excluding carboxylic acids is 6. The summed E-state index contributed by atoms with van der Waals surface area (Å²) >= 11 is 0. The van der Waals surface area contributed by atoms with Crippen LogP contribution in [0.2, 0.25) is 0 Å². The first-order valence-corrected chi connectivity index (χ1v) is 48.8. The first-order valence-electron chi connectivity index (χ1n) is 48.8. The smallest absolute Gasteiger partial charge is 0.311 e. The minimum Gasteiger partial charge on any atom is -0.465 e. The van der Waals surface area contributed by atoms with Crippen molar-refractivity contribution in [3.8, 4) is 0 Å². The Morgan fingerprint density at radius 3 is 0.786 bits per heavy atom.